The summed E-state index contributed by atoms with van der Waals surface area (Å²) < 4.78 is 5.74. The lowest BCUT2D eigenvalue weighted by atomic mass is 10.2. The van der Waals surface area contributed by atoms with Gasteiger partial charge in [0.2, 0.25) is 0 Å². The number of hydrogen-bond donors (Lipinski definition) is 2. The van der Waals surface area contributed by atoms with Gasteiger partial charge in [0.25, 0.3) is 11.8 Å². The number of carbonyl (C=O) groups is 2. The van der Waals surface area contributed by atoms with Crippen LogP contribution in [0.5, 0.6) is 5.75 Å². The van der Waals surface area contributed by atoms with Crippen LogP contribution in [0.1, 0.15) is 22.8 Å². The molecule has 7 heteroatoms. The summed E-state index contributed by atoms with van der Waals surface area (Å²) in [6.45, 7) is 3.53. The van der Waals surface area contributed by atoms with E-state index in [2.05, 4.69) is 15.6 Å². The van der Waals surface area contributed by atoms with Gasteiger partial charge in [0.05, 0.1) is 5.56 Å². The Morgan fingerprint density at radius 3 is 2.48 bits per heavy atom. The molecule has 2 amide bonds. The molecule has 148 valence electrons. The number of benzene rings is 2. The lowest BCUT2D eigenvalue weighted by molar-refractivity contribution is -0.122. The first-order valence-electron chi connectivity index (χ1n) is 8.97. The van der Waals surface area contributed by atoms with Gasteiger partial charge in [0, 0.05) is 28.8 Å². The minimum absolute atomic E-state index is 0.281. The van der Waals surface area contributed by atoms with Crippen LogP contribution in [0.4, 0.5) is 11.4 Å². The van der Waals surface area contributed by atoms with Crippen LogP contribution in [-0.2, 0) is 4.79 Å². The molecule has 1 heterocycles. The first kappa shape index (κ1) is 20.4. The molecule has 2 N–H and O–H groups in total. The molecular weight excluding hydrogens is 390 g/mol. The molecule has 1 unspecified atom stereocenters. The van der Waals surface area contributed by atoms with E-state index in [1.54, 1.807) is 67.7 Å². The van der Waals surface area contributed by atoms with Crippen LogP contribution in [0.25, 0.3) is 0 Å². The number of nitrogens with zero attached hydrogens (tertiary/aromatic N) is 1. The number of nitrogens with one attached hydrogen (secondary N) is 2. The highest BCUT2D eigenvalue weighted by Crippen LogP contribution is 2.23. The number of amides is 2. The van der Waals surface area contributed by atoms with Gasteiger partial charge in [-0.1, -0.05) is 17.7 Å². The first-order chi connectivity index (χ1) is 13.9. The fourth-order valence-corrected chi connectivity index (χ4v) is 2.83. The van der Waals surface area contributed by atoms with E-state index in [9.17, 15) is 9.59 Å². The molecule has 3 aromatic rings. The van der Waals surface area contributed by atoms with Gasteiger partial charge in [0.1, 0.15) is 5.75 Å². The summed E-state index contributed by atoms with van der Waals surface area (Å²) in [5.41, 5.74) is 2.39. The Bertz CT molecular complexity index is 1020. The van der Waals surface area contributed by atoms with Crippen LogP contribution in [-0.4, -0.2) is 22.9 Å². The van der Waals surface area contributed by atoms with Crippen molar-refractivity contribution in [3.05, 3.63) is 83.1 Å². The molecule has 1 atom stereocenters. The van der Waals surface area contributed by atoms with E-state index in [-0.39, 0.29) is 11.8 Å². The van der Waals surface area contributed by atoms with E-state index < -0.39 is 6.10 Å². The monoisotopic (exact) mass is 409 g/mol. The highest BCUT2D eigenvalue weighted by molar-refractivity contribution is 6.30. The molecule has 0 saturated carbocycles. The van der Waals surface area contributed by atoms with Gasteiger partial charge in [-0.05, 0) is 67.9 Å². The molecule has 3 rings (SSSR count). The zero-order valence-corrected chi connectivity index (χ0v) is 16.7. The molecule has 0 spiro atoms. The first-order valence-corrected chi connectivity index (χ1v) is 9.35. The number of anilines is 2. The van der Waals surface area contributed by atoms with Crippen molar-refractivity contribution in [2.45, 2.75) is 20.0 Å². The van der Waals surface area contributed by atoms with Crippen molar-refractivity contribution >= 4 is 34.8 Å². The minimum Gasteiger partial charge on any atom is -0.481 e. The molecular formula is C22H20ClN3O3. The topological polar surface area (TPSA) is 80.3 Å². The lowest BCUT2D eigenvalue weighted by Crippen LogP contribution is -2.30. The number of rotatable bonds is 6. The maximum absolute atomic E-state index is 12.5. The summed E-state index contributed by atoms with van der Waals surface area (Å²) in [7, 11) is 0. The average molecular weight is 410 g/mol. The van der Waals surface area contributed by atoms with Crippen LogP contribution in [0.2, 0.25) is 5.02 Å². The molecule has 0 aliphatic carbocycles. The third-order valence-electron chi connectivity index (χ3n) is 4.12. The van der Waals surface area contributed by atoms with Gasteiger partial charge in [-0.3, -0.25) is 14.6 Å². The van der Waals surface area contributed by atoms with Crippen LogP contribution in [0.15, 0.2) is 67.0 Å². The fraction of sp³-hybridized carbons (Fsp3) is 0.136. The predicted octanol–water partition coefficient (Wildman–Crippen LogP) is 4.70. The molecule has 0 aliphatic heterocycles. The van der Waals surface area contributed by atoms with Crippen molar-refractivity contribution < 1.29 is 14.3 Å². The highest BCUT2D eigenvalue weighted by Gasteiger charge is 2.16. The van der Waals surface area contributed by atoms with E-state index in [1.165, 1.54) is 6.20 Å². The molecule has 0 bridgehead atoms. The third-order valence-corrected chi connectivity index (χ3v) is 4.36. The summed E-state index contributed by atoms with van der Waals surface area (Å²) in [4.78, 5) is 28.7. The number of pyridine rings is 1. The van der Waals surface area contributed by atoms with Gasteiger partial charge in [0.15, 0.2) is 6.10 Å². The van der Waals surface area contributed by atoms with Gasteiger partial charge in [-0.25, -0.2) is 0 Å². The van der Waals surface area contributed by atoms with Crippen molar-refractivity contribution in [3.8, 4) is 5.75 Å². The largest absolute Gasteiger partial charge is 0.481 e. The van der Waals surface area contributed by atoms with Crippen LogP contribution in [0, 0.1) is 6.92 Å². The van der Waals surface area contributed by atoms with E-state index >= 15 is 0 Å². The number of halogens is 1. The molecule has 29 heavy (non-hydrogen) atoms. The van der Waals surface area contributed by atoms with E-state index in [0.29, 0.717) is 27.7 Å². The van der Waals surface area contributed by atoms with Crippen molar-refractivity contribution in [1.29, 1.82) is 0 Å². The Kier molecular flexibility index (Phi) is 6.46. The second-order valence-electron chi connectivity index (χ2n) is 6.44. The van der Waals surface area contributed by atoms with Crippen LogP contribution < -0.4 is 15.4 Å². The lowest BCUT2D eigenvalue weighted by Gasteiger charge is -2.17. The average Bonchev–Trinajstić information content (AvgIpc) is 2.71. The van der Waals surface area contributed by atoms with Gasteiger partial charge in [-0.15, -0.1) is 0 Å². The molecule has 0 aliphatic rings. The summed E-state index contributed by atoms with van der Waals surface area (Å²) in [5, 5.41) is 6.18. The van der Waals surface area contributed by atoms with Crippen molar-refractivity contribution in [1.82, 2.24) is 4.98 Å². The molecule has 6 nitrogen and oxygen atoms in total. The number of aromatic nitrogens is 1. The van der Waals surface area contributed by atoms with Crippen molar-refractivity contribution in [2.75, 3.05) is 10.6 Å². The predicted molar refractivity (Wildman–Crippen MR) is 114 cm³/mol. The maximum Gasteiger partial charge on any atom is 0.265 e. The quantitative estimate of drug-likeness (QED) is 0.618. The summed E-state index contributed by atoms with van der Waals surface area (Å²) in [6, 6.07) is 15.5. The standard InChI is InChI=1S/C22H20ClN3O3/c1-14-11-17(23)8-9-20(14)29-15(2)21(27)25-18-6-3-7-19(12-18)26-22(28)16-5-4-10-24-13-16/h3-13,15H,1-2H3,(H,25,27)(H,26,28). The Morgan fingerprint density at radius 1 is 1.03 bits per heavy atom. The second kappa shape index (κ2) is 9.21. The third kappa shape index (κ3) is 5.56. The Labute approximate surface area is 173 Å². The summed E-state index contributed by atoms with van der Waals surface area (Å²) in [6.07, 6.45) is 2.36. The molecule has 0 saturated heterocycles. The maximum atomic E-state index is 12.5. The minimum atomic E-state index is -0.719. The van der Waals surface area contributed by atoms with Gasteiger partial charge in [-0.2, -0.15) is 0 Å². The zero-order chi connectivity index (χ0) is 20.8. The van der Waals surface area contributed by atoms with E-state index in [1.807, 2.05) is 6.92 Å². The van der Waals surface area contributed by atoms with Gasteiger partial charge >= 0.3 is 0 Å². The second-order valence-corrected chi connectivity index (χ2v) is 6.87. The number of hydrogen-bond acceptors (Lipinski definition) is 4. The number of ether oxygens (including phenoxy) is 1. The SMILES string of the molecule is Cc1cc(Cl)ccc1OC(C)C(=O)Nc1cccc(NC(=O)c2cccnc2)c1. The molecule has 2 aromatic carbocycles. The molecule has 0 radical (unpaired) electrons. The number of carbonyl (C=O) groups excluding carboxylic acids is 2. The smallest absolute Gasteiger partial charge is 0.265 e. The molecule has 0 fully saturated rings. The van der Waals surface area contributed by atoms with Crippen molar-refractivity contribution in [3.63, 3.8) is 0 Å². The van der Waals surface area contributed by atoms with Crippen LogP contribution >= 0.6 is 11.6 Å². The van der Waals surface area contributed by atoms with Crippen molar-refractivity contribution in [2.24, 2.45) is 0 Å². The Hall–Kier alpha value is -3.38. The van der Waals surface area contributed by atoms with Gasteiger partial charge < -0.3 is 15.4 Å². The van der Waals surface area contributed by atoms with Crippen LogP contribution in [0.3, 0.4) is 0 Å². The fourth-order valence-electron chi connectivity index (χ4n) is 2.61. The van der Waals surface area contributed by atoms with E-state index in [0.717, 1.165) is 5.56 Å². The highest BCUT2D eigenvalue weighted by atomic mass is 35.5. The van der Waals surface area contributed by atoms with E-state index in [4.69, 9.17) is 16.3 Å². The summed E-state index contributed by atoms with van der Waals surface area (Å²) in [5.74, 6) is 0.00103. The Balaban J connectivity index is 1.63. The Morgan fingerprint density at radius 2 is 1.79 bits per heavy atom. The molecule has 1 aromatic heterocycles. The zero-order valence-electron chi connectivity index (χ0n) is 16.0. The summed E-state index contributed by atoms with van der Waals surface area (Å²) >= 11 is 5.95. The number of aryl methyl sites for hydroxylation is 1. The normalized spacial score (nSPS) is 11.4.